The second kappa shape index (κ2) is 8.45. The minimum absolute atomic E-state index is 0.0563. The number of alkyl halides is 3. The number of amides is 1. The van der Waals surface area contributed by atoms with Crippen molar-refractivity contribution in [2.45, 2.75) is 31.0 Å². The van der Waals surface area contributed by atoms with E-state index in [-0.39, 0.29) is 23.0 Å². The number of hydrogen-bond donors (Lipinski definition) is 3. The molecule has 0 saturated heterocycles. The molecule has 3 N–H and O–H groups in total. The summed E-state index contributed by atoms with van der Waals surface area (Å²) in [5.41, 5.74) is -0.0563. The Morgan fingerprint density at radius 3 is 2.29 bits per heavy atom. The highest BCUT2D eigenvalue weighted by Gasteiger charge is 2.28. The minimum Gasteiger partial charge on any atom is -0.343 e. The molecule has 0 heterocycles. The molecule has 0 fully saturated rings. The number of carbonyl (C=O) groups excluding carboxylic acids is 1. The van der Waals surface area contributed by atoms with Gasteiger partial charge in [0.05, 0.1) is 4.90 Å². The van der Waals surface area contributed by atoms with Gasteiger partial charge < -0.3 is 10.6 Å². The summed E-state index contributed by atoms with van der Waals surface area (Å²) in [5.74, 6) is -0.926. The van der Waals surface area contributed by atoms with E-state index in [1.807, 2.05) is 13.8 Å². The van der Waals surface area contributed by atoms with E-state index >= 15 is 0 Å². The topological polar surface area (TPSA) is 87.3 Å². The molecule has 0 aliphatic carbocycles. The smallest absolute Gasteiger partial charge is 0.343 e. The molecule has 24 heavy (non-hydrogen) atoms. The first-order valence-electron chi connectivity index (χ1n) is 7.23. The maximum Gasteiger partial charge on any atom is 0.405 e. The molecule has 1 aromatic carbocycles. The van der Waals surface area contributed by atoms with E-state index in [0.29, 0.717) is 6.54 Å². The summed E-state index contributed by atoms with van der Waals surface area (Å²) in [5, 5.41) is 4.76. The number of sulfonamides is 1. The highest BCUT2D eigenvalue weighted by molar-refractivity contribution is 7.89. The summed E-state index contributed by atoms with van der Waals surface area (Å²) in [6, 6.07) is 4.60. The van der Waals surface area contributed by atoms with E-state index in [9.17, 15) is 26.4 Å². The van der Waals surface area contributed by atoms with Crippen LogP contribution in [0.25, 0.3) is 0 Å². The lowest BCUT2D eigenvalue weighted by Crippen LogP contribution is -2.38. The van der Waals surface area contributed by atoms with Crippen LogP contribution in [-0.4, -0.2) is 46.2 Å². The largest absolute Gasteiger partial charge is 0.405 e. The van der Waals surface area contributed by atoms with Gasteiger partial charge in [-0.1, -0.05) is 6.92 Å². The lowest BCUT2D eigenvalue weighted by molar-refractivity contribution is -0.123. The lowest BCUT2D eigenvalue weighted by Gasteiger charge is -2.14. The first-order valence-corrected chi connectivity index (χ1v) is 8.71. The SMILES string of the molecule is CCN[C@H](C)CNS(=O)(=O)c1ccc(C(=O)NCC(F)(F)F)cc1. The predicted octanol–water partition coefficient (Wildman–Crippen LogP) is 1.25. The molecule has 1 atom stereocenters. The summed E-state index contributed by atoms with van der Waals surface area (Å²) in [7, 11) is -3.75. The molecule has 1 rings (SSSR count). The van der Waals surface area contributed by atoms with Crippen LogP contribution in [-0.2, 0) is 10.0 Å². The summed E-state index contributed by atoms with van der Waals surface area (Å²) in [6.45, 7) is 3.15. The van der Waals surface area contributed by atoms with Crippen molar-refractivity contribution < 1.29 is 26.4 Å². The minimum atomic E-state index is -4.51. The van der Waals surface area contributed by atoms with E-state index in [1.54, 1.807) is 5.32 Å². The molecule has 0 spiro atoms. The van der Waals surface area contributed by atoms with Crippen molar-refractivity contribution in [2.24, 2.45) is 0 Å². The van der Waals surface area contributed by atoms with Crippen LogP contribution in [0, 0.1) is 0 Å². The lowest BCUT2D eigenvalue weighted by atomic mass is 10.2. The first-order chi connectivity index (χ1) is 11.0. The predicted molar refractivity (Wildman–Crippen MR) is 83.2 cm³/mol. The molecule has 0 radical (unpaired) electrons. The van der Waals surface area contributed by atoms with E-state index in [4.69, 9.17) is 0 Å². The van der Waals surface area contributed by atoms with Gasteiger partial charge >= 0.3 is 6.18 Å². The summed E-state index contributed by atoms with van der Waals surface area (Å²) >= 11 is 0. The molecule has 1 amide bonds. The van der Waals surface area contributed by atoms with Crippen LogP contribution in [0.1, 0.15) is 24.2 Å². The van der Waals surface area contributed by atoms with Crippen molar-refractivity contribution in [1.29, 1.82) is 0 Å². The monoisotopic (exact) mass is 367 g/mol. The standard InChI is InChI=1S/C14H20F3N3O3S/c1-3-18-10(2)8-20-24(22,23)12-6-4-11(5-7-12)13(21)19-9-14(15,16)17/h4-7,10,18,20H,3,8-9H2,1-2H3,(H,19,21)/t10-/m1/s1. The average Bonchev–Trinajstić information content (AvgIpc) is 2.50. The van der Waals surface area contributed by atoms with Crippen LogP contribution in [0.4, 0.5) is 13.2 Å². The quantitative estimate of drug-likeness (QED) is 0.646. The summed E-state index contributed by atoms with van der Waals surface area (Å²) in [4.78, 5) is 11.5. The second-order valence-electron chi connectivity index (χ2n) is 5.13. The van der Waals surface area contributed by atoms with E-state index in [1.165, 1.54) is 12.1 Å². The number of halogens is 3. The van der Waals surface area contributed by atoms with Crippen LogP contribution in [0.5, 0.6) is 0 Å². The maximum atomic E-state index is 12.1. The van der Waals surface area contributed by atoms with Gasteiger partial charge in [0.2, 0.25) is 10.0 Å². The number of nitrogens with one attached hydrogen (secondary N) is 3. The van der Waals surface area contributed by atoms with Gasteiger partial charge in [-0.15, -0.1) is 0 Å². The molecule has 1 aromatic rings. The Morgan fingerprint density at radius 2 is 1.79 bits per heavy atom. The Balaban J connectivity index is 2.70. The summed E-state index contributed by atoms with van der Waals surface area (Å²) in [6.07, 6.45) is -4.51. The molecule has 10 heteroatoms. The third-order valence-corrected chi connectivity index (χ3v) is 4.45. The zero-order valence-electron chi connectivity index (χ0n) is 13.3. The van der Waals surface area contributed by atoms with Gasteiger partial charge in [-0.2, -0.15) is 13.2 Å². The van der Waals surface area contributed by atoms with E-state index in [0.717, 1.165) is 12.1 Å². The number of hydrogen-bond acceptors (Lipinski definition) is 4. The van der Waals surface area contributed by atoms with Crippen molar-refractivity contribution >= 4 is 15.9 Å². The Labute approximate surface area is 138 Å². The number of likely N-dealkylation sites (N-methyl/N-ethyl adjacent to an activating group) is 1. The Morgan fingerprint density at radius 1 is 1.21 bits per heavy atom. The third kappa shape index (κ3) is 6.85. The maximum absolute atomic E-state index is 12.1. The highest BCUT2D eigenvalue weighted by atomic mass is 32.2. The van der Waals surface area contributed by atoms with Crippen LogP contribution < -0.4 is 15.4 Å². The zero-order valence-corrected chi connectivity index (χ0v) is 14.1. The van der Waals surface area contributed by atoms with Crippen LogP contribution in [0.3, 0.4) is 0 Å². The van der Waals surface area contributed by atoms with Crippen molar-refractivity contribution in [3.05, 3.63) is 29.8 Å². The molecule has 0 saturated carbocycles. The Kier molecular flexibility index (Phi) is 7.18. The molecular weight excluding hydrogens is 347 g/mol. The zero-order chi connectivity index (χ0) is 18.4. The van der Waals surface area contributed by atoms with Gasteiger partial charge in [0.25, 0.3) is 5.91 Å². The Bertz CT molecular complexity index is 645. The average molecular weight is 367 g/mol. The second-order valence-corrected chi connectivity index (χ2v) is 6.90. The molecule has 136 valence electrons. The van der Waals surface area contributed by atoms with Crippen molar-refractivity contribution in [1.82, 2.24) is 15.4 Å². The van der Waals surface area contributed by atoms with E-state index < -0.39 is 28.7 Å². The van der Waals surface area contributed by atoms with Gasteiger partial charge in [0, 0.05) is 18.2 Å². The van der Waals surface area contributed by atoms with Gasteiger partial charge in [0.1, 0.15) is 6.54 Å². The Hall–Kier alpha value is -1.65. The molecule has 0 aliphatic rings. The van der Waals surface area contributed by atoms with Gasteiger partial charge in [-0.3, -0.25) is 4.79 Å². The van der Waals surface area contributed by atoms with Gasteiger partial charge in [-0.25, -0.2) is 13.1 Å². The fourth-order valence-electron chi connectivity index (χ4n) is 1.81. The molecular formula is C14H20F3N3O3S. The van der Waals surface area contributed by atoms with Gasteiger partial charge in [-0.05, 0) is 37.7 Å². The normalized spacial score (nSPS) is 13.5. The molecule has 0 aliphatic heterocycles. The van der Waals surface area contributed by atoms with Crippen LogP contribution >= 0.6 is 0 Å². The number of carbonyl (C=O) groups is 1. The van der Waals surface area contributed by atoms with Crippen LogP contribution in [0.15, 0.2) is 29.2 Å². The molecule has 0 aromatic heterocycles. The number of rotatable bonds is 8. The van der Waals surface area contributed by atoms with Crippen LogP contribution in [0.2, 0.25) is 0 Å². The van der Waals surface area contributed by atoms with Crippen molar-refractivity contribution in [3.8, 4) is 0 Å². The fraction of sp³-hybridized carbons (Fsp3) is 0.500. The fourth-order valence-corrected chi connectivity index (χ4v) is 2.94. The van der Waals surface area contributed by atoms with Crippen molar-refractivity contribution in [3.63, 3.8) is 0 Å². The van der Waals surface area contributed by atoms with Gasteiger partial charge in [0.15, 0.2) is 0 Å². The first kappa shape index (κ1) is 20.4. The van der Waals surface area contributed by atoms with E-state index in [2.05, 4.69) is 10.0 Å². The van der Waals surface area contributed by atoms with Crippen molar-refractivity contribution in [2.75, 3.05) is 19.6 Å². The third-order valence-electron chi connectivity index (χ3n) is 3.01. The molecule has 0 unspecified atom stereocenters. The highest BCUT2D eigenvalue weighted by Crippen LogP contribution is 2.14. The molecule has 6 nitrogen and oxygen atoms in total. The summed E-state index contributed by atoms with van der Waals surface area (Å²) < 4.78 is 62.7. The molecule has 0 bridgehead atoms. The number of benzene rings is 1.